The summed E-state index contributed by atoms with van der Waals surface area (Å²) in [6.45, 7) is 9.87. The molecule has 0 N–H and O–H groups in total. The second kappa shape index (κ2) is 2.74. The van der Waals surface area contributed by atoms with Crippen LogP contribution in [0.1, 0.15) is 59.8 Å². The lowest BCUT2D eigenvalue weighted by molar-refractivity contribution is 0.0824. The first-order valence-electron chi connectivity index (χ1n) is 5.94. The lowest BCUT2D eigenvalue weighted by Gasteiger charge is -2.40. The minimum Gasteiger partial charge on any atom is -0.0599 e. The molecule has 0 saturated heterocycles. The maximum atomic E-state index is 2.56. The monoisotopic (exact) mass is 180 g/mol. The molecule has 0 aromatic rings. The molecule has 2 atom stereocenters. The number of hydrogen-bond acceptors (Lipinski definition) is 0. The summed E-state index contributed by atoms with van der Waals surface area (Å²) in [6.07, 6.45) is 7.50. The fourth-order valence-electron chi connectivity index (χ4n) is 3.84. The Hall–Kier alpha value is 0. The van der Waals surface area contributed by atoms with E-state index in [1.807, 2.05) is 0 Å². The maximum Gasteiger partial charge on any atom is -0.0264 e. The van der Waals surface area contributed by atoms with Crippen molar-refractivity contribution in [3.8, 4) is 0 Å². The van der Waals surface area contributed by atoms with Gasteiger partial charge in [0.15, 0.2) is 0 Å². The Balaban J connectivity index is 2.17. The molecule has 2 aliphatic carbocycles. The second-order valence-corrected chi connectivity index (χ2v) is 6.59. The van der Waals surface area contributed by atoms with Gasteiger partial charge in [0.2, 0.25) is 0 Å². The van der Waals surface area contributed by atoms with Crippen LogP contribution in [0.3, 0.4) is 0 Å². The summed E-state index contributed by atoms with van der Waals surface area (Å²) in [5.41, 5.74) is 1.24. The minimum absolute atomic E-state index is 0.536. The molecule has 0 heteroatoms. The van der Waals surface area contributed by atoms with Crippen LogP contribution in [0.2, 0.25) is 0 Å². The highest BCUT2D eigenvalue weighted by atomic mass is 14.6. The predicted octanol–water partition coefficient (Wildman–Crippen LogP) is 4.25. The topological polar surface area (TPSA) is 0 Å². The summed E-state index contributed by atoms with van der Waals surface area (Å²) < 4.78 is 0. The van der Waals surface area contributed by atoms with Crippen molar-refractivity contribution in [1.29, 1.82) is 0 Å². The van der Waals surface area contributed by atoms with E-state index in [-0.39, 0.29) is 0 Å². The van der Waals surface area contributed by atoms with Crippen molar-refractivity contribution in [2.45, 2.75) is 59.8 Å². The number of rotatable bonds is 1. The van der Waals surface area contributed by atoms with Crippen LogP contribution in [0.25, 0.3) is 0 Å². The van der Waals surface area contributed by atoms with Crippen LogP contribution in [0.4, 0.5) is 0 Å². The van der Waals surface area contributed by atoms with Crippen molar-refractivity contribution in [2.75, 3.05) is 0 Å². The van der Waals surface area contributed by atoms with E-state index in [4.69, 9.17) is 0 Å². The van der Waals surface area contributed by atoms with Crippen molar-refractivity contribution in [2.24, 2.45) is 22.7 Å². The van der Waals surface area contributed by atoms with Crippen molar-refractivity contribution in [1.82, 2.24) is 0 Å². The van der Waals surface area contributed by atoms with Crippen LogP contribution in [-0.2, 0) is 0 Å². The predicted molar refractivity (Wildman–Crippen MR) is 57.6 cm³/mol. The van der Waals surface area contributed by atoms with Gasteiger partial charge in [0.05, 0.1) is 0 Å². The lowest BCUT2D eigenvalue weighted by atomic mass is 9.64. The van der Waals surface area contributed by atoms with E-state index in [1.165, 1.54) is 32.1 Å². The second-order valence-electron chi connectivity index (χ2n) is 6.59. The summed E-state index contributed by atoms with van der Waals surface area (Å²) in [7, 11) is 0. The molecule has 2 rings (SSSR count). The van der Waals surface area contributed by atoms with Gasteiger partial charge in [0, 0.05) is 0 Å². The van der Waals surface area contributed by atoms with Crippen LogP contribution >= 0.6 is 0 Å². The van der Waals surface area contributed by atoms with Crippen LogP contribution in [0.15, 0.2) is 0 Å². The van der Waals surface area contributed by atoms with Crippen molar-refractivity contribution in [3.63, 3.8) is 0 Å². The van der Waals surface area contributed by atoms with Crippen molar-refractivity contribution in [3.05, 3.63) is 0 Å². The van der Waals surface area contributed by atoms with E-state index in [9.17, 15) is 0 Å². The molecule has 13 heavy (non-hydrogen) atoms. The first-order valence-corrected chi connectivity index (χ1v) is 5.94. The fourth-order valence-corrected chi connectivity index (χ4v) is 3.84. The van der Waals surface area contributed by atoms with Gasteiger partial charge in [0.25, 0.3) is 0 Å². The van der Waals surface area contributed by atoms with E-state index in [0.29, 0.717) is 10.8 Å². The zero-order valence-electron chi connectivity index (χ0n) is 9.69. The highest BCUT2D eigenvalue weighted by molar-refractivity contribution is 5.02. The van der Waals surface area contributed by atoms with Gasteiger partial charge in [-0.2, -0.15) is 0 Å². The molecule has 0 radical (unpaired) electrons. The van der Waals surface area contributed by atoms with E-state index < -0.39 is 0 Å². The van der Waals surface area contributed by atoms with Gasteiger partial charge in [-0.05, 0) is 48.3 Å². The van der Waals surface area contributed by atoms with Gasteiger partial charge in [-0.1, -0.05) is 34.1 Å². The Bertz CT molecular complexity index is 195. The Morgan fingerprint density at radius 3 is 2.15 bits per heavy atom. The molecule has 2 saturated carbocycles. The molecule has 0 aliphatic heterocycles. The van der Waals surface area contributed by atoms with Crippen molar-refractivity contribution < 1.29 is 0 Å². The molecule has 0 spiro atoms. The largest absolute Gasteiger partial charge is 0.0599 e. The van der Waals surface area contributed by atoms with Gasteiger partial charge in [-0.15, -0.1) is 0 Å². The average molecular weight is 180 g/mol. The lowest BCUT2D eigenvalue weighted by Crippen LogP contribution is -2.33. The fraction of sp³-hybridized carbons (Fsp3) is 1.00. The Labute approximate surface area is 83.1 Å². The van der Waals surface area contributed by atoms with Gasteiger partial charge >= 0.3 is 0 Å². The Morgan fingerprint density at radius 1 is 1.08 bits per heavy atom. The van der Waals surface area contributed by atoms with E-state index in [2.05, 4.69) is 27.7 Å². The summed E-state index contributed by atoms with van der Waals surface area (Å²) in [5, 5.41) is 0. The molecule has 0 heterocycles. The van der Waals surface area contributed by atoms with Gasteiger partial charge in [0.1, 0.15) is 0 Å². The minimum atomic E-state index is 0.536. The Kier molecular flexibility index (Phi) is 2.02. The van der Waals surface area contributed by atoms with Crippen molar-refractivity contribution >= 4 is 0 Å². The van der Waals surface area contributed by atoms with E-state index in [1.54, 1.807) is 0 Å². The van der Waals surface area contributed by atoms with E-state index in [0.717, 1.165) is 11.8 Å². The van der Waals surface area contributed by atoms with Crippen LogP contribution in [0.5, 0.6) is 0 Å². The number of hydrogen-bond donors (Lipinski definition) is 0. The molecule has 2 aliphatic rings. The third kappa shape index (κ3) is 1.53. The molecular weight excluding hydrogens is 156 g/mol. The van der Waals surface area contributed by atoms with Gasteiger partial charge in [-0.3, -0.25) is 0 Å². The molecule has 76 valence electrons. The summed E-state index contributed by atoms with van der Waals surface area (Å²) >= 11 is 0. The average Bonchev–Trinajstić information content (AvgIpc) is 2.74. The van der Waals surface area contributed by atoms with Gasteiger partial charge in [-0.25, -0.2) is 0 Å². The zero-order chi connectivity index (χ0) is 9.69. The summed E-state index contributed by atoms with van der Waals surface area (Å²) in [6, 6.07) is 0. The molecule has 0 aromatic heterocycles. The molecule has 0 bridgehead atoms. The maximum absolute atomic E-state index is 2.56. The third-order valence-electron chi connectivity index (χ3n) is 4.56. The van der Waals surface area contributed by atoms with Gasteiger partial charge < -0.3 is 0 Å². The molecule has 0 aromatic carbocycles. The first-order chi connectivity index (χ1) is 5.94. The summed E-state index contributed by atoms with van der Waals surface area (Å²) in [5.74, 6) is 2.06. The smallest absolute Gasteiger partial charge is 0.0264 e. The molecular formula is C13H24. The first kappa shape index (κ1) is 9.55. The SMILES string of the molecule is CC(C)(C)C1CCCC1(C)C1CC1. The molecule has 0 amide bonds. The zero-order valence-corrected chi connectivity index (χ0v) is 9.69. The summed E-state index contributed by atoms with van der Waals surface area (Å²) in [4.78, 5) is 0. The quantitative estimate of drug-likeness (QED) is 0.566. The highest BCUT2D eigenvalue weighted by Crippen LogP contribution is 2.61. The van der Waals surface area contributed by atoms with Crippen LogP contribution in [0, 0.1) is 22.7 Å². The van der Waals surface area contributed by atoms with Crippen LogP contribution in [-0.4, -0.2) is 0 Å². The third-order valence-corrected chi connectivity index (χ3v) is 4.56. The highest BCUT2D eigenvalue weighted by Gasteiger charge is 2.52. The Morgan fingerprint density at radius 2 is 1.69 bits per heavy atom. The van der Waals surface area contributed by atoms with Crippen LogP contribution < -0.4 is 0 Å². The molecule has 0 nitrogen and oxygen atoms in total. The van der Waals surface area contributed by atoms with E-state index >= 15 is 0 Å². The molecule has 2 fully saturated rings. The molecule has 2 unspecified atom stereocenters. The normalized spacial score (nSPS) is 41.1. The standard InChI is InChI=1S/C13H24/c1-12(2,3)11-6-5-9-13(11,4)10-7-8-10/h10-11H,5-9H2,1-4H3.